The van der Waals surface area contributed by atoms with E-state index < -0.39 is 5.97 Å². The summed E-state index contributed by atoms with van der Waals surface area (Å²) in [5, 5.41) is 4.94. The smallest absolute Gasteiger partial charge is 0.343 e. The zero-order valence-electron chi connectivity index (χ0n) is 14.2. The zero-order valence-corrected chi connectivity index (χ0v) is 15.0. The van der Waals surface area contributed by atoms with Gasteiger partial charge >= 0.3 is 5.97 Å². The number of thiazole rings is 1. The first-order chi connectivity index (χ1) is 13.3. The number of nitrogens with one attached hydrogen (secondary N) is 1. The molecule has 4 aromatic rings. The lowest BCUT2D eigenvalue weighted by Crippen LogP contribution is -2.08. The fraction of sp³-hybridized carbons (Fsp3) is 0. The Morgan fingerprint density at radius 3 is 2.67 bits per heavy atom. The summed E-state index contributed by atoms with van der Waals surface area (Å²) in [6.07, 6.45) is 1.66. The minimum Gasteiger partial charge on any atom is -0.423 e. The van der Waals surface area contributed by atoms with Crippen molar-refractivity contribution in [3.8, 4) is 5.75 Å². The molecule has 1 aromatic heterocycles. The number of fused-ring (bicyclic) bond motifs is 1. The van der Waals surface area contributed by atoms with Gasteiger partial charge in [0.15, 0.2) is 0 Å². The maximum Gasteiger partial charge on any atom is 0.343 e. The SMILES string of the molecule is O=C(Oc1cccc(/C=N\Nc2nc3ccccc3s2)c1)c1ccccc1. The van der Waals surface area contributed by atoms with Crippen LogP contribution in [0.5, 0.6) is 5.75 Å². The highest BCUT2D eigenvalue weighted by Gasteiger charge is 2.07. The van der Waals surface area contributed by atoms with Gasteiger partial charge in [0.1, 0.15) is 5.75 Å². The van der Waals surface area contributed by atoms with Crippen molar-refractivity contribution in [1.29, 1.82) is 0 Å². The van der Waals surface area contributed by atoms with E-state index in [4.69, 9.17) is 4.74 Å². The summed E-state index contributed by atoms with van der Waals surface area (Å²) >= 11 is 1.54. The van der Waals surface area contributed by atoms with Gasteiger partial charge in [0.05, 0.1) is 22.0 Å². The van der Waals surface area contributed by atoms with Gasteiger partial charge in [-0.05, 0) is 42.0 Å². The summed E-state index contributed by atoms with van der Waals surface area (Å²) < 4.78 is 6.52. The molecule has 0 amide bonds. The number of ether oxygens (including phenoxy) is 1. The molecule has 5 nitrogen and oxygen atoms in total. The number of anilines is 1. The van der Waals surface area contributed by atoms with E-state index in [0.29, 0.717) is 11.3 Å². The average Bonchev–Trinajstić information content (AvgIpc) is 3.12. The average molecular weight is 373 g/mol. The molecule has 0 fully saturated rings. The summed E-state index contributed by atoms with van der Waals surface area (Å²) in [5.41, 5.74) is 5.19. The summed E-state index contributed by atoms with van der Waals surface area (Å²) in [6.45, 7) is 0. The number of benzene rings is 3. The van der Waals surface area contributed by atoms with E-state index in [1.807, 2.05) is 42.5 Å². The van der Waals surface area contributed by atoms with Crippen LogP contribution in [0, 0.1) is 0 Å². The number of hydrogen-bond acceptors (Lipinski definition) is 6. The van der Waals surface area contributed by atoms with Gasteiger partial charge in [-0.3, -0.25) is 5.43 Å². The number of rotatable bonds is 5. The van der Waals surface area contributed by atoms with Gasteiger partial charge < -0.3 is 4.74 Å². The van der Waals surface area contributed by atoms with Crippen molar-refractivity contribution in [2.24, 2.45) is 5.10 Å². The van der Waals surface area contributed by atoms with Crippen LogP contribution in [0.4, 0.5) is 5.13 Å². The van der Waals surface area contributed by atoms with Gasteiger partial charge in [0, 0.05) is 0 Å². The summed E-state index contributed by atoms with van der Waals surface area (Å²) in [7, 11) is 0. The van der Waals surface area contributed by atoms with E-state index in [0.717, 1.165) is 20.9 Å². The number of nitrogens with zero attached hydrogens (tertiary/aromatic N) is 2. The normalized spacial score (nSPS) is 11.0. The molecule has 0 saturated heterocycles. The highest BCUT2D eigenvalue weighted by Crippen LogP contribution is 2.25. The largest absolute Gasteiger partial charge is 0.423 e. The highest BCUT2D eigenvalue weighted by molar-refractivity contribution is 7.22. The summed E-state index contributed by atoms with van der Waals surface area (Å²) in [5.74, 6) is 0.0741. The van der Waals surface area contributed by atoms with Crippen molar-refractivity contribution in [2.45, 2.75) is 0 Å². The number of carbonyl (C=O) groups is 1. The topological polar surface area (TPSA) is 63.6 Å². The predicted molar refractivity (Wildman–Crippen MR) is 109 cm³/mol. The molecule has 3 aromatic carbocycles. The van der Waals surface area contributed by atoms with Crippen LogP contribution in [0.1, 0.15) is 15.9 Å². The van der Waals surface area contributed by atoms with Crippen LogP contribution in [0.25, 0.3) is 10.2 Å². The number of hydrogen-bond donors (Lipinski definition) is 1. The standard InChI is InChI=1S/C21H15N3O2S/c25-20(16-8-2-1-3-9-16)26-17-10-6-7-15(13-17)14-22-24-21-23-18-11-4-5-12-19(18)27-21/h1-14H,(H,23,24)/b22-14-. The Morgan fingerprint density at radius 1 is 1.00 bits per heavy atom. The lowest BCUT2D eigenvalue weighted by atomic mass is 10.2. The van der Waals surface area contributed by atoms with E-state index in [2.05, 4.69) is 15.5 Å². The Kier molecular flexibility index (Phi) is 4.89. The summed E-state index contributed by atoms with van der Waals surface area (Å²) in [4.78, 5) is 16.6. The van der Waals surface area contributed by atoms with Gasteiger partial charge in [-0.15, -0.1) is 0 Å². The van der Waals surface area contributed by atoms with E-state index in [9.17, 15) is 4.79 Å². The van der Waals surface area contributed by atoms with Crippen LogP contribution in [0.3, 0.4) is 0 Å². The lowest BCUT2D eigenvalue weighted by Gasteiger charge is -2.04. The Labute approximate surface area is 160 Å². The molecule has 0 radical (unpaired) electrons. The van der Waals surface area contributed by atoms with Crippen LogP contribution >= 0.6 is 11.3 Å². The molecule has 0 aliphatic heterocycles. The Morgan fingerprint density at radius 2 is 1.81 bits per heavy atom. The number of aromatic nitrogens is 1. The fourth-order valence-corrected chi connectivity index (χ4v) is 3.30. The van der Waals surface area contributed by atoms with Crippen molar-refractivity contribution in [1.82, 2.24) is 4.98 Å². The van der Waals surface area contributed by atoms with Gasteiger partial charge in [0.2, 0.25) is 5.13 Å². The molecule has 0 bridgehead atoms. The lowest BCUT2D eigenvalue weighted by molar-refractivity contribution is 0.0735. The predicted octanol–water partition coefficient (Wildman–Crippen LogP) is 4.96. The molecular formula is C21H15N3O2S. The molecule has 1 N–H and O–H groups in total. The van der Waals surface area contributed by atoms with Crippen LogP contribution in [-0.2, 0) is 0 Å². The quantitative estimate of drug-likeness (QED) is 0.232. The van der Waals surface area contributed by atoms with E-state index in [1.165, 1.54) is 11.3 Å². The van der Waals surface area contributed by atoms with Gasteiger partial charge in [0.25, 0.3) is 0 Å². The Bertz CT molecular complexity index is 1070. The Hall–Kier alpha value is -3.51. The second kappa shape index (κ2) is 7.80. The molecule has 0 atom stereocenters. The second-order valence-corrected chi connectivity index (χ2v) is 6.72. The van der Waals surface area contributed by atoms with Crippen molar-refractivity contribution in [3.05, 3.63) is 90.0 Å². The summed E-state index contributed by atoms with van der Waals surface area (Å²) in [6, 6.07) is 24.0. The van der Waals surface area contributed by atoms with Crippen LogP contribution in [0.2, 0.25) is 0 Å². The number of carbonyl (C=O) groups excluding carboxylic acids is 1. The minimum atomic E-state index is -0.391. The number of esters is 1. The van der Waals surface area contributed by atoms with Crippen molar-refractivity contribution < 1.29 is 9.53 Å². The third-order valence-corrected chi connectivity index (χ3v) is 4.69. The van der Waals surface area contributed by atoms with Crippen LogP contribution in [-0.4, -0.2) is 17.2 Å². The van der Waals surface area contributed by atoms with E-state index in [-0.39, 0.29) is 0 Å². The monoisotopic (exact) mass is 373 g/mol. The molecule has 132 valence electrons. The first-order valence-electron chi connectivity index (χ1n) is 8.30. The Balaban J connectivity index is 1.42. The molecule has 4 rings (SSSR count). The zero-order chi connectivity index (χ0) is 18.5. The molecule has 1 heterocycles. The molecule has 27 heavy (non-hydrogen) atoms. The second-order valence-electron chi connectivity index (χ2n) is 5.68. The molecule has 0 spiro atoms. The van der Waals surface area contributed by atoms with E-state index >= 15 is 0 Å². The van der Waals surface area contributed by atoms with Crippen molar-refractivity contribution >= 4 is 38.9 Å². The van der Waals surface area contributed by atoms with E-state index in [1.54, 1.807) is 42.6 Å². The van der Waals surface area contributed by atoms with Gasteiger partial charge in [-0.2, -0.15) is 5.10 Å². The first kappa shape index (κ1) is 16.9. The third kappa shape index (κ3) is 4.19. The molecule has 0 aliphatic carbocycles. The highest BCUT2D eigenvalue weighted by atomic mass is 32.1. The van der Waals surface area contributed by atoms with Crippen LogP contribution in [0.15, 0.2) is 84.0 Å². The number of hydrazone groups is 1. The molecule has 0 saturated carbocycles. The molecular weight excluding hydrogens is 358 g/mol. The van der Waals surface area contributed by atoms with Crippen molar-refractivity contribution in [3.63, 3.8) is 0 Å². The minimum absolute atomic E-state index is 0.391. The third-order valence-electron chi connectivity index (χ3n) is 3.75. The number of para-hydroxylation sites is 1. The molecule has 0 unspecified atom stereocenters. The van der Waals surface area contributed by atoms with Crippen LogP contribution < -0.4 is 10.2 Å². The maximum atomic E-state index is 12.1. The fourth-order valence-electron chi connectivity index (χ4n) is 2.48. The first-order valence-corrected chi connectivity index (χ1v) is 9.11. The molecule has 0 aliphatic rings. The maximum absolute atomic E-state index is 12.1. The van der Waals surface area contributed by atoms with Gasteiger partial charge in [-0.25, -0.2) is 9.78 Å². The van der Waals surface area contributed by atoms with Gasteiger partial charge in [-0.1, -0.05) is 53.8 Å². The molecule has 6 heteroatoms. The van der Waals surface area contributed by atoms with Crippen molar-refractivity contribution in [2.75, 3.05) is 5.43 Å².